The number of carbonyl (C=O) groups excluding carboxylic acids is 2. The van der Waals surface area contributed by atoms with Gasteiger partial charge in [0.2, 0.25) is 0 Å². The van der Waals surface area contributed by atoms with Crippen molar-refractivity contribution >= 4 is 39.5 Å². The molecule has 0 bridgehead atoms. The van der Waals surface area contributed by atoms with Crippen LogP contribution in [0.25, 0.3) is 0 Å². The van der Waals surface area contributed by atoms with Gasteiger partial charge >= 0.3 is 11.9 Å². The monoisotopic (exact) mass is 426 g/mol. The number of benzene rings is 2. The van der Waals surface area contributed by atoms with Crippen LogP contribution in [0, 0.1) is 6.92 Å². The zero-order valence-corrected chi connectivity index (χ0v) is 16.0. The first-order valence-electron chi connectivity index (χ1n) is 7.47. The molecule has 0 N–H and O–H groups in total. The molecule has 0 spiro atoms. The molecule has 0 aliphatic carbocycles. The van der Waals surface area contributed by atoms with E-state index in [1.54, 1.807) is 25.1 Å². The number of hydrogen-bond acceptors (Lipinski definition) is 5. The van der Waals surface area contributed by atoms with Gasteiger partial charge in [-0.05, 0) is 71.7 Å². The molecule has 7 heteroatoms. The maximum Gasteiger partial charge on any atom is 0.349 e. The molecule has 0 saturated heterocycles. The lowest BCUT2D eigenvalue weighted by Crippen LogP contribution is -2.18. The summed E-state index contributed by atoms with van der Waals surface area (Å²) < 4.78 is 16.1. The number of hydrogen-bond donors (Lipinski definition) is 0. The zero-order valence-electron chi connectivity index (χ0n) is 13.7. The third kappa shape index (κ3) is 5.47. The molecule has 0 aromatic heterocycles. The Hall–Kier alpha value is -2.05. The molecular weight excluding hydrogens is 412 g/mol. The fourth-order valence-electron chi connectivity index (χ4n) is 1.99. The molecule has 2 aromatic rings. The van der Waals surface area contributed by atoms with Gasteiger partial charge in [-0.25, -0.2) is 9.59 Å². The van der Waals surface area contributed by atoms with Gasteiger partial charge in [-0.3, -0.25) is 0 Å². The molecule has 2 aromatic carbocycles. The Labute approximate surface area is 159 Å². The van der Waals surface area contributed by atoms with E-state index in [-0.39, 0.29) is 19.0 Å². The molecule has 0 aliphatic heterocycles. The van der Waals surface area contributed by atoms with Crippen LogP contribution in [-0.4, -0.2) is 25.2 Å². The van der Waals surface area contributed by atoms with Crippen molar-refractivity contribution < 1.29 is 23.8 Å². The average Bonchev–Trinajstić information content (AvgIpc) is 2.56. The number of esters is 2. The molecule has 0 unspecified atom stereocenters. The molecule has 0 heterocycles. The number of aryl methyl sites for hydroxylation is 1. The summed E-state index contributed by atoms with van der Waals surface area (Å²) in [5.74, 6) is -0.172. The molecule has 0 fully saturated rings. The Morgan fingerprint density at radius 1 is 1.12 bits per heavy atom. The van der Waals surface area contributed by atoms with Gasteiger partial charge in [-0.1, -0.05) is 11.6 Å². The first kappa shape index (κ1) is 19.3. The van der Waals surface area contributed by atoms with Crippen molar-refractivity contribution in [3.63, 3.8) is 0 Å². The Balaban J connectivity index is 1.97. The van der Waals surface area contributed by atoms with Gasteiger partial charge in [0.25, 0.3) is 0 Å². The summed E-state index contributed by atoms with van der Waals surface area (Å²) in [5.41, 5.74) is 1.18. The van der Waals surface area contributed by atoms with Crippen molar-refractivity contribution in [2.24, 2.45) is 0 Å². The van der Waals surface area contributed by atoms with Crippen molar-refractivity contribution in [1.82, 2.24) is 0 Å². The average molecular weight is 428 g/mol. The normalized spacial score (nSPS) is 10.2. The van der Waals surface area contributed by atoms with Gasteiger partial charge in [0, 0.05) is 5.02 Å². The first-order chi connectivity index (χ1) is 11.9. The highest BCUT2D eigenvalue weighted by Gasteiger charge is 2.13. The lowest BCUT2D eigenvalue weighted by atomic mass is 10.2. The van der Waals surface area contributed by atoms with Crippen LogP contribution in [0.4, 0.5) is 0 Å². The molecular formula is C18H16BrClO5. The summed E-state index contributed by atoms with van der Waals surface area (Å²) in [7, 11) is 0. The van der Waals surface area contributed by atoms with Crippen molar-refractivity contribution in [2.75, 3.05) is 13.2 Å². The van der Waals surface area contributed by atoms with Crippen LogP contribution in [0.2, 0.25) is 5.02 Å². The molecule has 5 nitrogen and oxygen atoms in total. The largest absolute Gasteiger partial charge is 0.482 e. The Bertz CT molecular complexity index is 791. The molecule has 0 saturated carbocycles. The summed E-state index contributed by atoms with van der Waals surface area (Å²) in [5, 5.41) is 0.595. The fourth-order valence-corrected chi connectivity index (χ4v) is 2.67. The molecule has 0 aliphatic rings. The predicted octanol–water partition coefficient (Wildman–Crippen LogP) is 4.57. The minimum Gasteiger partial charge on any atom is -0.482 e. The quantitative estimate of drug-likeness (QED) is 0.499. The standard InChI is InChI=1S/C18H16BrClO5/c1-3-23-18(22)12-4-6-16(14(19)9-12)25-17(21)10-24-15-7-5-13(20)8-11(15)2/h4-9H,3,10H2,1-2H3. The zero-order chi connectivity index (χ0) is 18.4. The van der Waals surface area contributed by atoms with Gasteiger partial charge in [0.1, 0.15) is 11.5 Å². The molecule has 25 heavy (non-hydrogen) atoms. The highest BCUT2D eigenvalue weighted by molar-refractivity contribution is 9.10. The lowest BCUT2D eigenvalue weighted by molar-refractivity contribution is -0.136. The van der Waals surface area contributed by atoms with E-state index < -0.39 is 11.9 Å². The fraction of sp³-hybridized carbons (Fsp3) is 0.222. The van der Waals surface area contributed by atoms with Crippen molar-refractivity contribution in [1.29, 1.82) is 0 Å². The second-order valence-electron chi connectivity index (χ2n) is 5.04. The second kappa shape index (κ2) is 8.87. The second-order valence-corrected chi connectivity index (χ2v) is 6.33. The Kier molecular flexibility index (Phi) is 6.84. The first-order valence-corrected chi connectivity index (χ1v) is 8.64. The predicted molar refractivity (Wildman–Crippen MR) is 97.4 cm³/mol. The lowest BCUT2D eigenvalue weighted by Gasteiger charge is -2.10. The van der Waals surface area contributed by atoms with E-state index in [1.165, 1.54) is 18.2 Å². The summed E-state index contributed by atoms with van der Waals surface area (Å²) in [6, 6.07) is 9.68. The van der Waals surface area contributed by atoms with E-state index in [0.29, 0.717) is 20.8 Å². The van der Waals surface area contributed by atoms with Gasteiger partial charge in [0.15, 0.2) is 6.61 Å². The Morgan fingerprint density at radius 2 is 1.84 bits per heavy atom. The van der Waals surface area contributed by atoms with E-state index >= 15 is 0 Å². The van der Waals surface area contributed by atoms with E-state index in [9.17, 15) is 9.59 Å². The van der Waals surface area contributed by atoms with Crippen LogP contribution in [0.3, 0.4) is 0 Å². The van der Waals surface area contributed by atoms with Crippen LogP contribution in [0.1, 0.15) is 22.8 Å². The molecule has 0 amide bonds. The van der Waals surface area contributed by atoms with Gasteiger partial charge in [-0.15, -0.1) is 0 Å². The SMILES string of the molecule is CCOC(=O)c1ccc(OC(=O)COc2ccc(Cl)cc2C)c(Br)c1. The van der Waals surface area contributed by atoms with E-state index in [0.717, 1.165) is 5.56 Å². The maximum atomic E-state index is 12.0. The molecule has 0 atom stereocenters. The maximum absolute atomic E-state index is 12.0. The van der Waals surface area contributed by atoms with E-state index in [1.807, 2.05) is 6.92 Å². The van der Waals surface area contributed by atoms with Crippen LogP contribution < -0.4 is 9.47 Å². The highest BCUT2D eigenvalue weighted by atomic mass is 79.9. The third-order valence-corrected chi connectivity index (χ3v) is 4.00. The summed E-state index contributed by atoms with van der Waals surface area (Å²) >= 11 is 9.14. The van der Waals surface area contributed by atoms with Crippen LogP contribution >= 0.6 is 27.5 Å². The topological polar surface area (TPSA) is 61.8 Å². The van der Waals surface area contributed by atoms with Crippen LogP contribution in [0.5, 0.6) is 11.5 Å². The number of halogens is 2. The molecule has 132 valence electrons. The summed E-state index contributed by atoms with van der Waals surface area (Å²) in [6.07, 6.45) is 0. The Morgan fingerprint density at radius 3 is 2.48 bits per heavy atom. The minimum absolute atomic E-state index is 0.255. The van der Waals surface area contributed by atoms with Gasteiger partial charge in [-0.2, -0.15) is 0 Å². The van der Waals surface area contributed by atoms with E-state index in [2.05, 4.69) is 15.9 Å². The van der Waals surface area contributed by atoms with E-state index in [4.69, 9.17) is 25.8 Å². The minimum atomic E-state index is -0.570. The van der Waals surface area contributed by atoms with Crippen molar-refractivity contribution in [3.05, 3.63) is 57.0 Å². The molecule has 0 radical (unpaired) electrons. The smallest absolute Gasteiger partial charge is 0.349 e. The highest BCUT2D eigenvalue weighted by Crippen LogP contribution is 2.27. The summed E-state index contributed by atoms with van der Waals surface area (Å²) in [4.78, 5) is 23.6. The number of rotatable bonds is 6. The van der Waals surface area contributed by atoms with Crippen molar-refractivity contribution in [3.8, 4) is 11.5 Å². The third-order valence-electron chi connectivity index (χ3n) is 3.15. The molecule has 2 rings (SSSR count). The number of carbonyl (C=O) groups is 2. The van der Waals surface area contributed by atoms with Gasteiger partial charge < -0.3 is 14.2 Å². The van der Waals surface area contributed by atoms with Crippen LogP contribution in [0.15, 0.2) is 40.9 Å². The van der Waals surface area contributed by atoms with Crippen LogP contribution in [-0.2, 0) is 9.53 Å². The number of ether oxygens (including phenoxy) is 3. The van der Waals surface area contributed by atoms with Gasteiger partial charge in [0.05, 0.1) is 16.6 Å². The summed E-state index contributed by atoms with van der Waals surface area (Å²) in [6.45, 7) is 3.59. The van der Waals surface area contributed by atoms with Crippen molar-refractivity contribution in [2.45, 2.75) is 13.8 Å².